The zero-order valence-corrected chi connectivity index (χ0v) is 7.08. The molecule has 0 N–H and O–H groups in total. The summed E-state index contributed by atoms with van der Waals surface area (Å²) in [6, 6.07) is 0. The summed E-state index contributed by atoms with van der Waals surface area (Å²) in [5.41, 5.74) is 0.220. The molecule has 0 aromatic heterocycles. The number of rotatable bonds is 0. The number of amides is 1. The van der Waals surface area contributed by atoms with Crippen molar-refractivity contribution in [1.29, 1.82) is 0 Å². The van der Waals surface area contributed by atoms with Gasteiger partial charge >= 0.3 is 0 Å². The molecule has 2 aliphatic rings. The standard InChI is InChI=1S/C9H8FNO2/c1-11-7-5(8(12)9(11)13)3-2-4-6(7)10/h2,4-5H,3H2,1H3. The first kappa shape index (κ1) is 8.16. The van der Waals surface area contributed by atoms with Gasteiger partial charge in [0.15, 0.2) is 0 Å². The molecular weight excluding hydrogens is 173 g/mol. The molecule has 13 heavy (non-hydrogen) atoms. The van der Waals surface area contributed by atoms with Gasteiger partial charge in [0.25, 0.3) is 5.91 Å². The predicted molar refractivity (Wildman–Crippen MR) is 43.2 cm³/mol. The second-order valence-corrected chi connectivity index (χ2v) is 3.15. The summed E-state index contributed by atoms with van der Waals surface area (Å²) in [7, 11) is 1.42. The molecule has 1 aliphatic heterocycles. The minimum Gasteiger partial charge on any atom is -0.309 e. The zero-order valence-electron chi connectivity index (χ0n) is 7.08. The Bertz CT molecular complexity index is 357. The van der Waals surface area contributed by atoms with Crippen LogP contribution in [0.15, 0.2) is 23.7 Å². The minimum atomic E-state index is -0.612. The van der Waals surface area contributed by atoms with Gasteiger partial charge in [-0.1, -0.05) is 6.08 Å². The third-order valence-electron chi connectivity index (χ3n) is 2.40. The van der Waals surface area contributed by atoms with Crippen LogP contribution in [-0.2, 0) is 9.59 Å². The summed E-state index contributed by atoms with van der Waals surface area (Å²) < 4.78 is 13.2. The van der Waals surface area contributed by atoms with Crippen LogP contribution in [0.5, 0.6) is 0 Å². The van der Waals surface area contributed by atoms with Gasteiger partial charge in [-0.15, -0.1) is 0 Å². The van der Waals surface area contributed by atoms with E-state index in [1.165, 1.54) is 13.1 Å². The number of halogens is 1. The number of carbonyl (C=O) groups is 2. The Labute approximate surface area is 74.5 Å². The average molecular weight is 181 g/mol. The van der Waals surface area contributed by atoms with E-state index in [-0.39, 0.29) is 5.70 Å². The number of likely N-dealkylation sites (tertiary alicyclic amines) is 1. The Balaban J connectivity index is 2.53. The number of hydrogen-bond donors (Lipinski definition) is 0. The number of hydrogen-bond acceptors (Lipinski definition) is 2. The molecule has 4 heteroatoms. The Kier molecular flexibility index (Phi) is 1.58. The Morgan fingerprint density at radius 3 is 2.85 bits per heavy atom. The first-order chi connectivity index (χ1) is 6.13. The fourth-order valence-corrected chi connectivity index (χ4v) is 1.72. The van der Waals surface area contributed by atoms with E-state index in [4.69, 9.17) is 0 Å². The van der Waals surface area contributed by atoms with Crippen LogP contribution in [0.1, 0.15) is 6.42 Å². The fraction of sp³-hybridized carbons (Fsp3) is 0.333. The summed E-state index contributed by atoms with van der Waals surface area (Å²) in [6.45, 7) is 0. The molecular formula is C9H8FNO2. The van der Waals surface area contributed by atoms with E-state index in [9.17, 15) is 14.0 Å². The van der Waals surface area contributed by atoms with Crippen LogP contribution in [0.4, 0.5) is 4.39 Å². The van der Waals surface area contributed by atoms with Gasteiger partial charge in [0, 0.05) is 7.05 Å². The molecule has 0 saturated carbocycles. The van der Waals surface area contributed by atoms with Crippen LogP contribution in [0.3, 0.4) is 0 Å². The molecule has 1 unspecified atom stereocenters. The minimum absolute atomic E-state index is 0.220. The predicted octanol–water partition coefficient (Wildman–Crippen LogP) is 0.785. The highest BCUT2D eigenvalue weighted by Crippen LogP contribution is 2.34. The van der Waals surface area contributed by atoms with E-state index in [1.54, 1.807) is 6.08 Å². The number of fused-ring (bicyclic) bond motifs is 1. The van der Waals surface area contributed by atoms with Crippen molar-refractivity contribution in [2.45, 2.75) is 6.42 Å². The van der Waals surface area contributed by atoms with Crippen molar-refractivity contribution in [3.8, 4) is 0 Å². The second kappa shape index (κ2) is 2.52. The number of Topliss-reactive ketones (excluding diaryl/α,β-unsaturated/α-hetero) is 1. The van der Waals surface area contributed by atoms with Gasteiger partial charge in [-0.3, -0.25) is 9.59 Å². The monoisotopic (exact) mass is 181 g/mol. The van der Waals surface area contributed by atoms with E-state index >= 15 is 0 Å². The van der Waals surface area contributed by atoms with Gasteiger partial charge in [0.05, 0.1) is 11.6 Å². The van der Waals surface area contributed by atoms with Crippen molar-refractivity contribution in [2.24, 2.45) is 5.92 Å². The van der Waals surface area contributed by atoms with Crippen molar-refractivity contribution >= 4 is 11.7 Å². The SMILES string of the molecule is CN1C(=O)C(=O)C2CC=CC(F)=C21. The van der Waals surface area contributed by atoms with Crippen molar-refractivity contribution in [3.05, 3.63) is 23.7 Å². The van der Waals surface area contributed by atoms with Crippen LogP contribution in [0.2, 0.25) is 0 Å². The van der Waals surface area contributed by atoms with Gasteiger partial charge in [-0.25, -0.2) is 4.39 Å². The topological polar surface area (TPSA) is 37.4 Å². The van der Waals surface area contributed by atoms with Gasteiger partial charge in [0.2, 0.25) is 5.78 Å². The summed E-state index contributed by atoms with van der Waals surface area (Å²) in [6.07, 6.45) is 3.31. The van der Waals surface area contributed by atoms with Crippen molar-refractivity contribution in [1.82, 2.24) is 4.90 Å². The molecule has 3 nitrogen and oxygen atoms in total. The molecule has 2 rings (SSSR count). The molecule has 1 heterocycles. The summed E-state index contributed by atoms with van der Waals surface area (Å²) in [5.74, 6) is -2.17. The summed E-state index contributed by atoms with van der Waals surface area (Å²) in [4.78, 5) is 23.5. The highest BCUT2D eigenvalue weighted by molar-refractivity contribution is 6.40. The lowest BCUT2D eigenvalue weighted by molar-refractivity contribution is -0.140. The smallest absolute Gasteiger partial charge is 0.294 e. The third kappa shape index (κ3) is 0.946. The van der Waals surface area contributed by atoms with E-state index in [0.29, 0.717) is 6.42 Å². The van der Waals surface area contributed by atoms with Crippen molar-refractivity contribution in [3.63, 3.8) is 0 Å². The average Bonchev–Trinajstić information content (AvgIpc) is 2.33. The number of ketones is 1. The Hall–Kier alpha value is -1.45. The maximum Gasteiger partial charge on any atom is 0.294 e. The number of allylic oxidation sites excluding steroid dienone is 4. The van der Waals surface area contributed by atoms with Crippen LogP contribution < -0.4 is 0 Å². The molecule has 0 bridgehead atoms. The Morgan fingerprint density at radius 1 is 1.54 bits per heavy atom. The molecule has 68 valence electrons. The number of likely N-dealkylation sites (N-methyl/N-ethyl adjacent to an activating group) is 1. The van der Waals surface area contributed by atoms with Crippen molar-refractivity contribution < 1.29 is 14.0 Å². The maximum absolute atomic E-state index is 13.2. The molecule has 1 aliphatic carbocycles. The quantitative estimate of drug-likeness (QED) is 0.518. The number of carbonyl (C=O) groups excluding carboxylic acids is 2. The van der Waals surface area contributed by atoms with E-state index in [1.807, 2.05) is 0 Å². The van der Waals surface area contributed by atoms with E-state index < -0.39 is 23.4 Å². The normalized spacial score (nSPS) is 27.2. The first-order valence-electron chi connectivity index (χ1n) is 4.01. The number of nitrogens with zero attached hydrogens (tertiary/aromatic N) is 1. The van der Waals surface area contributed by atoms with Gasteiger partial charge in [-0.2, -0.15) is 0 Å². The highest BCUT2D eigenvalue weighted by Gasteiger charge is 2.43. The summed E-state index contributed by atoms with van der Waals surface area (Å²) >= 11 is 0. The lowest BCUT2D eigenvalue weighted by Gasteiger charge is -2.16. The molecule has 0 aromatic rings. The Morgan fingerprint density at radius 2 is 2.23 bits per heavy atom. The van der Waals surface area contributed by atoms with Crippen LogP contribution in [0, 0.1) is 5.92 Å². The molecule has 0 aromatic carbocycles. The van der Waals surface area contributed by atoms with Gasteiger partial charge in [-0.05, 0) is 12.5 Å². The lowest BCUT2D eigenvalue weighted by Crippen LogP contribution is -2.21. The van der Waals surface area contributed by atoms with E-state index in [2.05, 4.69) is 0 Å². The lowest BCUT2D eigenvalue weighted by atomic mass is 9.95. The molecule has 0 radical (unpaired) electrons. The molecule has 0 spiro atoms. The first-order valence-corrected chi connectivity index (χ1v) is 4.01. The molecule has 1 amide bonds. The largest absolute Gasteiger partial charge is 0.309 e. The van der Waals surface area contributed by atoms with Crippen molar-refractivity contribution in [2.75, 3.05) is 7.05 Å². The van der Waals surface area contributed by atoms with E-state index in [0.717, 1.165) is 4.90 Å². The summed E-state index contributed by atoms with van der Waals surface area (Å²) in [5, 5.41) is 0. The highest BCUT2D eigenvalue weighted by atomic mass is 19.1. The third-order valence-corrected chi connectivity index (χ3v) is 2.40. The van der Waals surface area contributed by atoms with Crippen LogP contribution >= 0.6 is 0 Å². The van der Waals surface area contributed by atoms with Crippen LogP contribution in [0.25, 0.3) is 0 Å². The zero-order chi connectivity index (χ0) is 9.59. The van der Waals surface area contributed by atoms with Crippen LogP contribution in [-0.4, -0.2) is 23.6 Å². The van der Waals surface area contributed by atoms with Gasteiger partial charge < -0.3 is 4.90 Å². The molecule has 1 saturated heterocycles. The second-order valence-electron chi connectivity index (χ2n) is 3.15. The van der Waals surface area contributed by atoms with Gasteiger partial charge in [0.1, 0.15) is 5.83 Å². The molecule has 1 fully saturated rings. The molecule has 1 atom stereocenters. The fourth-order valence-electron chi connectivity index (χ4n) is 1.72. The maximum atomic E-state index is 13.2.